The highest BCUT2D eigenvalue weighted by Crippen LogP contribution is 2.17. The Morgan fingerprint density at radius 3 is 2.92 bits per heavy atom. The van der Waals surface area contributed by atoms with Gasteiger partial charge in [0.05, 0.1) is 5.52 Å². The van der Waals surface area contributed by atoms with Crippen molar-refractivity contribution in [3.8, 4) is 0 Å². The summed E-state index contributed by atoms with van der Waals surface area (Å²) in [5.41, 5.74) is 7.66. The van der Waals surface area contributed by atoms with Crippen LogP contribution in [0.15, 0.2) is 30.5 Å². The van der Waals surface area contributed by atoms with Crippen molar-refractivity contribution in [3.63, 3.8) is 0 Å². The predicted octanol–water partition coefficient (Wildman–Crippen LogP) is 1.63. The van der Waals surface area contributed by atoms with Gasteiger partial charge in [0.2, 0.25) is 0 Å². The third-order valence-electron chi connectivity index (χ3n) is 1.93. The predicted molar refractivity (Wildman–Crippen MR) is 51.5 cm³/mol. The van der Waals surface area contributed by atoms with Gasteiger partial charge in [-0.05, 0) is 24.3 Å². The van der Waals surface area contributed by atoms with E-state index in [1.54, 1.807) is 30.5 Å². The van der Waals surface area contributed by atoms with Crippen LogP contribution in [0.5, 0.6) is 0 Å². The number of pyridine rings is 1. The highest BCUT2D eigenvalue weighted by atomic mass is 16.1. The summed E-state index contributed by atoms with van der Waals surface area (Å²) in [6.07, 6.45) is 2.42. The van der Waals surface area contributed by atoms with Crippen molar-refractivity contribution in [2.75, 3.05) is 5.73 Å². The van der Waals surface area contributed by atoms with Crippen LogP contribution in [0.4, 0.5) is 5.69 Å². The highest BCUT2D eigenvalue weighted by molar-refractivity contribution is 5.97. The van der Waals surface area contributed by atoms with Gasteiger partial charge in [0.15, 0.2) is 6.29 Å². The maximum absolute atomic E-state index is 10.7. The number of carbonyl (C=O) groups is 1. The molecule has 2 aromatic rings. The van der Waals surface area contributed by atoms with Gasteiger partial charge in [0.25, 0.3) is 0 Å². The van der Waals surface area contributed by atoms with Gasteiger partial charge >= 0.3 is 0 Å². The first-order chi connectivity index (χ1) is 6.31. The maximum atomic E-state index is 10.7. The van der Waals surface area contributed by atoms with Crippen LogP contribution in [0.1, 0.15) is 10.4 Å². The van der Waals surface area contributed by atoms with Gasteiger partial charge in [-0.2, -0.15) is 0 Å². The lowest BCUT2D eigenvalue weighted by Gasteiger charge is -2.00. The molecule has 2 rings (SSSR count). The van der Waals surface area contributed by atoms with Gasteiger partial charge < -0.3 is 5.73 Å². The quantitative estimate of drug-likeness (QED) is 0.525. The molecule has 1 aromatic heterocycles. The number of hydrogen-bond acceptors (Lipinski definition) is 3. The molecule has 0 spiro atoms. The Labute approximate surface area is 75.2 Å². The Bertz CT molecular complexity index is 465. The first-order valence-electron chi connectivity index (χ1n) is 3.90. The molecule has 0 aliphatic rings. The lowest BCUT2D eigenvalue weighted by molar-refractivity contribution is 0.112. The van der Waals surface area contributed by atoms with E-state index in [2.05, 4.69) is 4.98 Å². The summed E-state index contributed by atoms with van der Waals surface area (Å²) in [4.78, 5) is 14.8. The Kier molecular flexibility index (Phi) is 1.70. The van der Waals surface area contributed by atoms with Crippen molar-refractivity contribution in [1.82, 2.24) is 4.98 Å². The molecule has 1 aromatic carbocycles. The van der Waals surface area contributed by atoms with Gasteiger partial charge in [-0.1, -0.05) is 0 Å². The van der Waals surface area contributed by atoms with Crippen LogP contribution in [0.25, 0.3) is 10.9 Å². The number of nitrogen functional groups attached to an aromatic ring is 1. The van der Waals surface area contributed by atoms with Crippen LogP contribution < -0.4 is 5.73 Å². The van der Waals surface area contributed by atoms with Gasteiger partial charge in [-0.25, -0.2) is 0 Å². The highest BCUT2D eigenvalue weighted by Gasteiger charge is 2.00. The van der Waals surface area contributed by atoms with E-state index in [0.29, 0.717) is 11.3 Å². The number of hydrogen-bond donors (Lipinski definition) is 1. The van der Waals surface area contributed by atoms with E-state index in [9.17, 15) is 4.79 Å². The molecule has 1 heterocycles. The summed E-state index contributed by atoms with van der Waals surface area (Å²) in [6.45, 7) is 0. The lowest BCUT2D eigenvalue weighted by Crippen LogP contribution is -1.89. The molecule has 3 nitrogen and oxygen atoms in total. The zero-order chi connectivity index (χ0) is 9.26. The van der Waals surface area contributed by atoms with Crippen molar-refractivity contribution in [3.05, 3.63) is 36.0 Å². The molecule has 0 saturated carbocycles. The molecule has 0 saturated heterocycles. The van der Waals surface area contributed by atoms with Gasteiger partial charge in [0, 0.05) is 22.8 Å². The number of anilines is 1. The molecule has 0 bridgehead atoms. The molecule has 13 heavy (non-hydrogen) atoms. The fraction of sp³-hybridized carbons (Fsp3) is 0. The average molecular weight is 172 g/mol. The molecule has 0 atom stereocenters. The number of carbonyl (C=O) groups excluding carboxylic acids is 1. The van der Waals surface area contributed by atoms with Crippen LogP contribution in [0.3, 0.4) is 0 Å². The van der Waals surface area contributed by atoms with Crippen molar-refractivity contribution >= 4 is 22.9 Å². The lowest BCUT2D eigenvalue weighted by atomic mass is 10.1. The molecule has 3 heteroatoms. The number of nitrogens with two attached hydrogens (primary N) is 1. The molecule has 2 N–H and O–H groups in total. The standard InChI is InChI=1S/C10H8N2O/c11-8-1-2-10-9(5-8)7(6-13)3-4-12-10/h1-6H,11H2. The van der Waals surface area contributed by atoms with Crippen LogP contribution in [0, 0.1) is 0 Å². The van der Waals surface area contributed by atoms with E-state index in [4.69, 9.17) is 5.73 Å². The minimum Gasteiger partial charge on any atom is -0.399 e. The number of rotatable bonds is 1. The number of fused-ring (bicyclic) bond motifs is 1. The van der Waals surface area contributed by atoms with E-state index in [0.717, 1.165) is 17.2 Å². The molecule has 0 amide bonds. The minimum atomic E-state index is 0.623. The first kappa shape index (κ1) is 7.73. The number of aldehydes is 1. The fourth-order valence-electron chi connectivity index (χ4n) is 1.29. The summed E-state index contributed by atoms with van der Waals surface area (Å²) in [5.74, 6) is 0. The second-order valence-corrected chi connectivity index (χ2v) is 2.79. The Hall–Kier alpha value is -1.90. The second-order valence-electron chi connectivity index (χ2n) is 2.79. The summed E-state index contributed by atoms with van der Waals surface area (Å²) in [5, 5.41) is 0.803. The Morgan fingerprint density at radius 2 is 2.15 bits per heavy atom. The largest absolute Gasteiger partial charge is 0.399 e. The van der Waals surface area contributed by atoms with Crippen molar-refractivity contribution < 1.29 is 4.79 Å². The molecule has 0 radical (unpaired) electrons. The number of aromatic nitrogens is 1. The molecule has 0 aliphatic carbocycles. The monoisotopic (exact) mass is 172 g/mol. The van der Waals surface area contributed by atoms with Gasteiger partial charge in [0.1, 0.15) is 0 Å². The van der Waals surface area contributed by atoms with Crippen molar-refractivity contribution in [1.29, 1.82) is 0 Å². The van der Waals surface area contributed by atoms with Crippen molar-refractivity contribution in [2.24, 2.45) is 0 Å². The zero-order valence-corrected chi connectivity index (χ0v) is 6.90. The molecule has 64 valence electrons. The van der Waals surface area contributed by atoms with Gasteiger partial charge in [-0.3, -0.25) is 9.78 Å². The normalized spacial score (nSPS) is 10.2. The Morgan fingerprint density at radius 1 is 1.31 bits per heavy atom. The van der Waals surface area contributed by atoms with Crippen LogP contribution in [0.2, 0.25) is 0 Å². The SMILES string of the molecule is Nc1ccc2nccc(C=O)c2c1. The van der Waals surface area contributed by atoms with E-state index in [1.165, 1.54) is 0 Å². The van der Waals surface area contributed by atoms with Crippen LogP contribution >= 0.6 is 0 Å². The summed E-state index contributed by atoms with van der Waals surface area (Å²) in [6, 6.07) is 7.00. The average Bonchev–Trinajstić information content (AvgIpc) is 2.17. The van der Waals surface area contributed by atoms with E-state index >= 15 is 0 Å². The Balaban J connectivity index is 2.86. The van der Waals surface area contributed by atoms with E-state index in [-0.39, 0.29) is 0 Å². The molecule has 0 aliphatic heterocycles. The first-order valence-corrected chi connectivity index (χ1v) is 3.90. The van der Waals surface area contributed by atoms with Gasteiger partial charge in [-0.15, -0.1) is 0 Å². The molecular formula is C10H8N2O. The maximum Gasteiger partial charge on any atom is 0.150 e. The molecule has 0 fully saturated rings. The third-order valence-corrected chi connectivity index (χ3v) is 1.93. The van der Waals surface area contributed by atoms with E-state index < -0.39 is 0 Å². The van der Waals surface area contributed by atoms with Crippen molar-refractivity contribution in [2.45, 2.75) is 0 Å². The van der Waals surface area contributed by atoms with Crippen LogP contribution in [-0.2, 0) is 0 Å². The molecular weight excluding hydrogens is 164 g/mol. The molecule has 0 unspecified atom stereocenters. The number of benzene rings is 1. The fourth-order valence-corrected chi connectivity index (χ4v) is 1.29. The van der Waals surface area contributed by atoms with E-state index in [1.807, 2.05) is 0 Å². The second kappa shape index (κ2) is 2.86. The van der Waals surface area contributed by atoms with Crippen LogP contribution in [-0.4, -0.2) is 11.3 Å². The summed E-state index contributed by atoms with van der Waals surface area (Å²) >= 11 is 0. The number of nitrogens with zero attached hydrogens (tertiary/aromatic N) is 1. The summed E-state index contributed by atoms with van der Waals surface area (Å²) < 4.78 is 0. The smallest absolute Gasteiger partial charge is 0.150 e. The summed E-state index contributed by atoms with van der Waals surface area (Å²) in [7, 11) is 0. The third kappa shape index (κ3) is 1.24. The topological polar surface area (TPSA) is 56.0 Å². The zero-order valence-electron chi connectivity index (χ0n) is 6.90. The minimum absolute atomic E-state index is 0.623.